The summed E-state index contributed by atoms with van der Waals surface area (Å²) < 4.78 is 0. The molecule has 0 atom stereocenters. The van der Waals surface area contributed by atoms with E-state index in [1.54, 1.807) is 11.3 Å². The zero-order valence-electron chi connectivity index (χ0n) is 11.1. The molecule has 0 spiro atoms. The van der Waals surface area contributed by atoms with Gasteiger partial charge in [0.05, 0.1) is 18.0 Å². The van der Waals surface area contributed by atoms with Crippen molar-refractivity contribution in [2.45, 2.75) is 19.9 Å². The standard InChI is InChI=1S/C15H15N3OS/c1-10-16-8-12(20-10)9-18-15(19)6-11-7-17-14-5-3-2-4-13(11)14/h2-5,7-8,17H,6,9H2,1H3,(H,18,19). The first-order chi connectivity index (χ1) is 9.72. The van der Waals surface area contributed by atoms with E-state index in [4.69, 9.17) is 0 Å². The molecule has 102 valence electrons. The molecule has 0 aliphatic rings. The van der Waals surface area contributed by atoms with E-state index in [9.17, 15) is 4.79 Å². The highest BCUT2D eigenvalue weighted by atomic mass is 32.1. The fraction of sp³-hybridized carbons (Fsp3) is 0.200. The Hall–Kier alpha value is -2.14. The number of nitrogens with zero attached hydrogens (tertiary/aromatic N) is 1. The van der Waals surface area contributed by atoms with Crippen LogP contribution in [-0.2, 0) is 17.8 Å². The quantitative estimate of drug-likeness (QED) is 0.774. The first-order valence-corrected chi connectivity index (χ1v) is 7.27. The van der Waals surface area contributed by atoms with Crippen molar-refractivity contribution in [3.05, 3.63) is 52.1 Å². The summed E-state index contributed by atoms with van der Waals surface area (Å²) in [5.41, 5.74) is 2.09. The lowest BCUT2D eigenvalue weighted by molar-refractivity contribution is -0.120. The summed E-state index contributed by atoms with van der Waals surface area (Å²) in [6.07, 6.45) is 4.11. The Morgan fingerprint density at radius 2 is 2.25 bits per heavy atom. The summed E-state index contributed by atoms with van der Waals surface area (Å²) in [5, 5.41) is 5.06. The zero-order valence-corrected chi connectivity index (χ0v) is 12.0. The molecule has 1 aromatic carbocycles. The predicted molar refractivity (Wildman–Crippen MR) is 80.7 cm³/mol. The molecule has 0 radical (unpaired) electrons. The molecule has 3 aromatic rings. The number of hydrogen-bond donors (Lipinski definition) is 2. The molecule has 0 fully saturated rings. The Balaban J connectivity index is 1.64. The van der Waals surface area contributed by atoms with Crippen molar-refractivity contribution in [2.24, 2.45) is 0 Å². The summed E-state index contributed by atoms with van der Waals surface area (Å²) >= 11 is 1.61. The third kappa shape index (κ3) is 2.72. The van der Waals surface area contributed by atoms with Crippen LogP contribution in [0.4, 0.5) is 0 Å². The molecule has 2 heterocycles. The molecular formula is C15H15N3OS. The molecule has 0 aliphatic carbocycles. The van der Waals surface area contributed by atoms with Gasteiger partial charge in [-0.25, -0.2) is 4.98 Å². The van der Waals surface area contributed by atoms with Gasteiger partial charge >= 0.3 is 0 Å². The highest BCUT2D eigenvalue weighted by Gasteiger charge is 2.08. The third-order valence-corrected chi connectivity index (χ3v) is 4.07. The van der Waals surface area contributed by atoms with Crippen LogP contribution in [0.5, 0.6) is 0 Å². The molecule has 0 saturated heterocycles. The van der Waals surface area contributed by atoms with Crippen LogP contribution in [0.25, 0.3) is 10.9 Å². The minimum atomic E-state index is 0.0285. The third-order valence-electron chi connectivity index (χ3n) is 3.15. The van der Waals surface area contributed by atoms with E-state index in [0.29, 0.717) is 13.0 Å². The maximum absolute atomic E-state index is 12.0. The molecular weight excluding hydrogens is 270 g/mol. The van der Waals surface area contributed by atoms with E-state index in [1.165, 1.54) is 0 Å². The summed E-state index contributed by atoms with van der Waals surface area (Å²) in [6, 6.07) is 8.00. The molecule has 4 nitrogen and oxygen atoms in total. The molecule has 5 heteroatoms. The number of rotatable bonds is 4. The number of H-pyrrole nitrogens is 1. The lowest BCUT2D eigenvalue weighted by Crippen LogP contribution is -2.24. The first kappa shape index (κ1) is 12.9. The van der Waals surface area contributed by atoms with Crippen LogP contribution in [0.1, 0.15) is 15.4 Å². The molecule has 0 saturated carbocycles. The Bertz CT molecular complexity index is 744. The Kier molecular flexibility index (Phi) is 3.52. The minimum Gasteiger partial charge on any atom is -0.361 e. The normalized spacial score (nSPS) is 10.8. The maximum Gasteiger partial charge on any atom is 0.224 e. The van der Waals surface area contributed by atoms with Crippen LogP contribution in [0, 0.1) is 6.92 Å². The van der Waals surface area contributed by atoms with Crippen LogP contribution in [0.2, 0.25) is 0 Å². The van der Waals surface area contributed by atoms with Crippen LogP contribution >= 0.6 is 11.3 Å². The molecule has 2 N–H and O–H groups in total. The second-order valence-corrected chi connectivity index (χ2v) is 5.98. The SMILES string of the molecule is Cc1ncc(CNC(=O)Cc2c[nH]c3ccccc23)s1. The number of hydrogen-bond acceptors (Lipinski definition) is 3. The number of nitrogens with one attached hydrogen (secondary N) is 2. The van der Waals surface area contributed by atoms with E-state index < -0.39 is 0 Å². The Morgan fingerprint density at radius 1 is 1.40 bits per heavy atom. The molecule has 1 amide bonds. The van der Waals surface area contributed by atoms with Crippen molar-refractivity contribution in [2.75, 3.05) is 0 Å². The Labute approximate surface area is 120 Å². The smallest absolute Gasteiger partial charge is 0.224 e. The molecule has 0 unspecified atom stereocenters. The maximum atomic E-state index is 12.0. The fourth-order valence-electron chi connectivity index (χ4n) is 2.19. The largest absolute Gasteiger partial charge is 0.361 e. The summed E-state index contributed by atoms with van der Waals surface area (Å²) in [7, 11) is 0. The van der Waals surface area contributed by atoms with E-state index >= 15 is 0 Å². The molecule has 3 rings (SSSR count). The number of carbonyl (C=O) groups is 1. The van der Waals surface area contributed by atoms with E-state index in [-0.39, 0.29) is 5.91 Å². The lowest BCUT2D eigenvalue weighted by atomic mass is 10.1. The lowest BCUT2D eigenvalue weighted by Gasteiger charge is -2.02. The van der Waals surface area contributed by atoms with Gasteiger partial charge in [-0.1, -0.05) is 18.2 Å². The predicted octanol–water partition coefficient (Wildman–Crippen LogP) is 2.79. The van der Waals surface area contributed by atoms with Gasteiger partial charge in [0, 0.05) is 28.2 Å². The van der Waals surface area contributed by atoms with Crippen molar-refractivity contribution >= 4 is 28.1 Å². The van der Waals surface area contributed by atoms with Crippen LogP contribution < -0.4 is 5.32 Å². The zero-order chi connectivity index (χ0) is 13.9. The van der Waals surface area contributed by atoms with Gasteiger partial charge in [-0.3, -0.25) is 4.79 Å². The van der Waals surface area contributed by atoms with Crippen molar-refractivity contribution < 1.29 is 4.79 Å². The fourth-order valence-corrected chi connectivity index (χ4v) is 2.92. The van der Waals surface area contributed by atoms with Gasteiger partial charge < -0.3 is 10.3 Å². The van der Waals surface area contributed by atoms with Gasteiger partial charge in [0.15, 0.2) is 0 Å². The number of thiazole rings is 1. The number of aromatic amines is 1. The van der Waals surface area contributed by atoms with Gasteiger partial charge in [-0.05, 0) is 18.6 Å². The van der Waals surface area contributed by atoms with E-state index in [2.05, 4.69) is 15.3 Å². The van der Waals surface area contributed by atoms with Gasteiger partial charge in [0.1, 0.15) is 0 Å². The van der Waals surface area contributed by atoms with Crippen molar-refractivity contribution in [3.63, 3.8) is 0 Å². The minimum absolute atomic E-state index is 0.0285. The van der Waals surface area contributed by atoms with Gasteiger partial charge in [-0.15, -0.1) is 11.3 Å². The van der Waals surface area contributed by atoms with Crippen LogP contribution in [0.3, 0.4) is 0 Å². The van der Waals surface area contributed by atoms with E-state index in [0.717, 1.165) is 26.4 Å². The highest BCUT2D eigenvalue weighted by Crippen LogP contribution is 2.18. The summed E-state index contributed by atoms with van der Waals surface area (Å²) in [5.74, 6) is 0.0285. The average Bonchev–Trinajstić information content (AvgIpc) is 3.04. The number of fused-ring (bicyclic) bond motifs is 1. The number of para-hydroxylation sites is 1. The monoisotopic (exact) mass is 285 g/mol. The Morgan fingerprint density at radius 3 is 3.05 bits per heavy atom. The van der Waals surface area contributed by atoms with Crippen molar-refractivity contribution in [3.8, 4) is 0 Å². The molecule has 20 heavy (non-hydrogen) atoms. The first-order valence-electron chi connectivity index (χ1n) is 6.45. The second-order valence-electron chi connectivity index (χ2n) is 4.66. The number of aromatic nitrogens is 2. The van der Waals surface area contributed by atoms with Gasteiger partial charge in [-0.2, -0.15) is 0 Å². The van der Waals surface area contributed by atoms with Gasteiger partial charge in [0.2, 0.25) is 5.91 Å². The summed E-state index contributed by atoms with van der Waals surface area (Å²) in [6.45, 7) is 2.51. The van der Waals surface area contributed by atoms with Crippen LogP contribution in [0.15, 0.2) is 36.7 Å². The number of aryl methyl sites for hydroxylation is 1. The molecule has 0 bridgehead atoms. The van der Waals surface area contributed by atoms with Gasteiger partial charge in [0.25, 0.3) is 0 Å². The summed E-state index contributed by atoms with van der Waals surface area (Å²) in [4.78, 5) is 20.4. The topological polar surface area (TPSA) is 57.8 Å². The van der Waals surface area contributed by atoms with E-state index in [1.807, 2.05) is 43.6 Å². The number of amides is 1. The average molecular weight is 285 g/mol. The molecule has 0 aliphatic heterocycles. The van der Waals surface area contributed by atoms with Crippen LogP contribution in [-0.4, -0.2) is 15.9 Å². The van der Waals surface area contributed by atoms with Crippen molar-refractivity contribution in [1.82, 2.24) is 15.3 Å². The number of carbonyl (C=O) groups excluding carboxylic acids is 1. The molecule has 2 aromatic heterocycles. The highest BCUT2D eigenvalue weighted by molar-refractivity contribution is 7.11. The van der Waals surface area contributed by atoms with Crippen molar-refractivity contribution in [1.29, 1.82) is 0 Å². The second kappa shape index (κ2) is 5.46. The number of benzene rings is 1.